The molecule has 1 saturated heterocycles. The maximum atomic E-state index is 12.4. The van der Waals surface area contributed by atoms with Crippen molar-refractivity contribution in [1.82, 2.24) is 19.7 Å². The number of nitrogens with one attached hydrogen (secondary N) is 1. The van der Waals surface area contributed by atoms with Crippen LogP contribution in [-0.4, -0.2) is 51.6 Å². The van der Waals surface area contributed by atoms with Crippen LogP contribution in [0, 0.1) is 0 Å². The molecule has 0 unspecified atom stereocenters. The molecule has 0 radical (unpaired) electrons. The number of carbonyl (C=O) groups excluding carboxylic acids is 1. The second kappa shape index (κ2) is 9.32. The Morgan fingerprint density at radius 1 is 1.29 bits per heavy atom. The van der Waals surface area contributed by atoms with E-state index in [1.54, 1.807) is 43.6 Å². The lowest BCUT2D eigenvalue weighted by atomic mass is 10.1. The molecule has 34 heavy (non-hydrogen) atoms. The van der Waals surface area contributed by atoms with Gasteiger partial charge in [0, 0.05) is 55.0 Å². The first-order valence-electron chi connectivity index (χ1n) is 11.0. The number of benzene rings is 1. The van der Waals surface area contributed by atoms with E-state index < -0.39 is 0 Å². The molecular formula is C25H24ClN5O3. The number of aromatic nitrogens is 3. The molecule has 3 aromatic heterocycles. The predicted octanol–water partition coefficient (Wildman–Crippen LogP) is 3.56. The lowest BCUT2D eigenvalue weighted by Crippen LogP contribution is -2.37. The molecule has 1 aliphatic rings. The number of hydrogen-bond donors (Lipinski definition) is 2. The first-order chi connectivity index (χ1) is 16.6. The van der Waals surface area contributed by atoms with E-state index in [4.69, 9.17) is 21.3 Å². The first-order valence-corrected chi connectivity index (χ1v) is 11.4. The molecule has 1 aliphatic heterocycles. The molecule has 1 fully saturated rings. The molecule has 1 aromatic carbocycles. The number of hydrogen-bond acceptors (Lipinski definition) is 6. The van der Waals surface area contributed by atoms with Crippen molar-refractivity contribution >= 4 is 28.8 Å². The smallest absolute Gasteiger partial charge is 0.270 e. The van der Waals surface area contributed by atoms with Crippen molar-refractivity contribution in [3.05, 3.63) is 77.3 Å². The lowest BCUT2D eigenvalue weighted by molar-refractivity contribution is 0.0935. The Bertz CT molecular complexity index is 1340. The summed E-state index contributed by atoms with van der Waals surface area (Å²) in [6.45, 7) is 1.39. The van der Waals surface area contributed by atoms with Crippen molar-refractivity contribution in [2.24, 2.45) is 0 Å². The summed E-state index contributed by atoms with van der Waals surface area (Å²) in [5, 5.41) is 13.4. The van der Waals surface area contributed by atoms with Crippen molar-refractivity contribution in [2.75, 3.05) is 25.1 Å². The fraction of sp³-hybridized carbons (Fsp3) is 0.240. The molecule has 4 heterocycles. The summed E-state index contributed by atoms with van der Waals surface area (Å²) in [6.07, 6.45) is 6.35. The van der Waals surface area contributed by atoms with Gasteiger partial charge in [-0.2, -0.15) is 0 Å². The SMILES string of the molecule is COc1cc(CO)c(-c2cn3ccc(N4CC[C@H](NC(=O)c5ccccn5)C4)cc3n2)cc1Cl. The Balaban J connectivity index is 1.35. The van der Waals surface area contributed by atoms with E-state index in [1.165, 1.54) is 0 Å². The van der Waals surface area contributed by atoms with Gasteiger partial charge in [-0.05, 0) is 42.3 Å². The zero-order valence-electron chi connectivity index (χ0n) is 18.6. The third-order valence-electron chi connectivity index (χ3n) is 6.05. The van der Waals surface area contributed by atoms with E-state index in [0.29, 0.717) is 34.3 Å². The average molecular weight is 478 g/mol. The van der Waals surface area contributed by atoms with Gasteiger partial charge in [0.2, 0.25) is 0 Å². The minimum absolute atomic E-state index is 0.0505. The molecule has 8 nitrogen and oxygen atoms in total. The van der Waals surface area contributed by atoms with Gasteiger partial charge in [0.1, 0.15) is 17.1 Å². The number of amides is 1. The number of rotatable bonds is 6. The highest BCUT2D eigenvalue weighted by atomic mass is 35.5. The van der Waals surface area contributed by atoms with Crippen LogP contribution in [0.1, 0.15) is 22.5 Å². The van der Waals surface area contributed by atoms with E-state index in [-0.39, 0.29) is 18.6 Å². The number of nitrogens with zero attached hydrogens (tertiary/aromatic N) is 4. The number of carbonyl (C=O) groups is 1. The first kappa shape index (κ1) is 22.2. The molecule has 1 amide bonds. The summed E-state index contributed by atoms with van der Waals surface area (Å²) >= 11 is 6.33. The van der Waals surface area contributed by atoms with Gasteiger partial charge < -0.3 is 24.5 Å². The summed E-state index contributed by atoms with van der Waals surface area (Å²) in [7, 11) is 1.54. The third-order valence-corrected chi connectivity index (χ3v) is 6.35. The van der Waals surface area contributed by atoms with Crippen LogP contribution in [0.5, 0.6) is 5.75 Å². The largest absolute Gasteiger partial charge is 0.495 e. The van der Waals surface area contributed by atoms with Gasteiger partial charge in [0.25, 0.3) is 5.91 Å². The van der Waals surface area contributed by atoms with E-state index in [0.717, 1.165) is 29.9 Å². The van der Waals surface area contributed by atoms with Gasteiger partial charge in [0.15, 0.2) is 0 Å². The minimum atomic E-state index is -0.154. The van der Waals surface area contributed by atoms with Gasteiger partial charge in [-0.25, -0.2) is 4.98 Å². The maximum absolute atomic E-state index is 12.4. The van der Waals surface area contributed by atoms with Crippen LogP contribution in [0.25, 0.3) is 16.9 Å². The van der Waals surface area contributed by atoms with Gasteiger partial charge in [-0.3, -0.25) is 9.78 Å². The van der Waals surface area contributed by atoms with Gasteiger partial charge in [0.05, 0.1) is 24.4 Å². The van der Waals surface area contributed by atoms with Crippen LogP contribution in [-0.2, 0) is 6.61 Å². The van der Waals surface area contributed by atoms with Gasteiger partial charge in [-0.15, -0.1) is 0 Å². The summed E-state index contributed by atoms with van der Waals surface area (Å²) in [4.78, 5) is 23.6. The molecule has 9 heteroatoms. The third kappa shape index (κ3) is 4.30. The lowest BCUT2D eigenvalue weighted by Gasteiger charge is -2.19. The van der Waals surface area contributed by atoms with Crippen molar-refractivity contribution < 1.29 is 14.6 Å². The Hall–Kier alpha value is -3.62. The number of fused-ring (bicyclic) bond motifs is 1. The number of ether oxygens (including phenoxy) is 1. The van der Waals surface area contributed by atoms with Crippen LogP contribution in [0.2, 0.25) is 5.02 Å². The highest BCUT2D eigenvalue weighted by Crippen LogP contribution is 2.34. The molecule has 1 atom stereocenters. The molecule has 4 aromatic rings. The standard InChI is InChI=1S/C25H24ClN5O3/c1-34-23-10-16(15-32)19(12-20(23)26)22-14-31-9-6-18(11-24(31)29-22)30-8-5-17(13-30)28-25(33)21-4-2-3-7-27-21/h2-4,6-7,9-12,14,17,32H,5,8,13,15H2,1H3,(H,28,33)/t17-/m0/s1. The fourth-order valence-corrected chi connectivity index (χ4v) is 4.53. The number of anilines is 1. The Kier molecular flexibility index (Phi) is 6.08. The molecular weight excluding hydrogens is 454 g/mol. The van der Waals surface area contributed by atoms with E-state index in [9.17, 15) is 9.90 Å². The molecule has 0 aliphatic carbocycles. The maximum Gasteiger partial charge on any atom is 0.270 e. The van der Waals surface area contributed by atoms with Gasteiger partial charge >= 0.3 is 0 Å². The predicted molar refractivity (Wildman–Crippen MR) is 130 cm³/mol. The van der Waals surface area contributed by atoms with Gasteiger partial charge in [-0.1, -0.05) is 17.7 Å². The molecule has 0 spiro atoms. The summed E-state index contributed by atoms with van der Waals surface area (Å²) in [5.41, 5.74) is 4.41. The van der Waals surface area contributed by atoms with Crippen molar-refractivity contribution in [3.8, 4) is 17.0 Å². The normalized spacial score (nSPS) is 15.6. The monoisotopic (exact) mass is 477 g/mol. The number of aliphatic hydroxyl groups is 1. The Labute approximate surface area is 201 Å². The number of imidazole rings is 1. The minimum Gasteiger partial charge on any atom is -0.495 e. The zero-order valence-corrected chi connectivity index (χ0v) is 19.4. The number of pyridine rings is 2. The molecule has 174 valence electrons. The number of aliphatic hydroxyl groups excluding tert-OH is 1. The van der Waals surface area contributed by atoms with Crippen LogP contribution >= 0.6 is 11.6 Å². The summed E-state index contributed by atoms with van der Waals surface area (Å²) in [5.74, 6) is 0.359. The fourth-order valence-electron chi connectivity index (χ4n) is 4.29. The summed E-state index contributed by atoms with van der Waals surface area (Å²) < 4.78 is 7.20. The highest BCUT2D eigenvalue weighted by molar-refractivity contribution is 6.32. The van der Waals surface area contributed by atoms with E-state index in [1.807, 2.05) is 28.9 Å². The average Bonchev–Trinajstić information content (AvgIpc) is 3.51. The highest BCUT2D eigenvalue weighted by Gasteiger charge is 2.25. The van der Waals surface area contributed by atoms with Crippen molar-refractivity contribution in [3.63, 3.8) is 0 Å². The molecule has 0 saturated carbocycles. The zero-order chi connectivity index (χ0) is 23.7. The number of methoxy groups -OCH3 is 1. The molecule has 0 bridgehead atoms. The van der Waals surface area contributed by atoms with Crippen LogP contribution in [0.4, 0.5) is 5.69 Å². The van der Waals surface area contributed by atoms with Crippen molar-refractivity contribution in [2.45, 2.75) is 19.1 Å². The second-order valence-corrected chi connectivity index (χ2v) is 8.61. The summed E-state index contributed by atoms with van der Waals surface area (Å²) in [6, 6.07) is 12.9. The molecule has 2 N–H and O–H groups in total. The van der Waals surface area contributed by atoms with Crippen LogP contribution in [0.3, 0.4) is 0 Å². The van der Waals surface area contributed by atoms with Crippen LogP contribution < -0.4 is 15.0 Å². The second-order valence-electron chi connectivity index (χ2n) is 8.20. The van der Waals surface area contributed by atoms with E-state index >= 15 is 0 Å². The van der Waals surface area contributed by atoms with E-state index in [2.05, 4.69) is 15.2 Å². The van der Waals surface area contributed by atoms with Crippen molar-refractivity contribution in [1.29, 1.82) is 0 Å². The quantitative estimate of drug-likeness (QED) is 0.441. The Morgan fingerprint density at radius 2 is 2.18 bits per heavy atom. The van der Waals surface area contributed by atoms with Crippen LogP contribution in [0.15, 0.2) is 61.1 Å². The number of halogens is 1. The Morgan fingerprint density at radius 3 is 2.94 bits per heavy atom. The topological polar surface area (TPSA) is 92.0 Å². The molecule has 5 rings (SSSR count).